The highest BCUT2D eigenvalue weighted by Crippen LogP contribution is 2.49. The molecule has 0 bridgehead atoms. The number of aromatic nitrogens is 2. The van der Waals surface area contributed by atoms with Crippen molar-refractivity contribution >= 4 is 17.4 Å². The molecular formula is C20H24N4O5. The maximum atomic E-state index is 13.2. The van der Waals surface area contributed by atoms with Crippen molar-refractivity contribution in [2.45, 2.75) is 32.7 Å². The molecule has 1 aromatic heterocycles. The number of carbonyl (C=O) groups is 1. The summed E-state index contributed by atoms with van der Waals surface area (Å²) in [7, 11) is 4.66. The van der Waals surface area contributed by atoms with Gasteiger partial charge in [-0.25, -0.2) is 4.63 Å². The Bertz CT molecular complexity index is 995. The minimum Gasteiger partial charge on any atom is -0.493 e. The SMILES string of the molecule is COc1ccc([C@H]2Nc3nonc3NC3=C2C(=O)CC(C)(C)C3)c(OC)c1OC. The van der Waals surface area contributed by atoms with Gasteiger partial charge in [-0.15, -0.1) is 0 Å². The summed E-state index contributed by atoms with van der Waals surface area (Å²) in [6.07, 6.45) is 1.13. The standard InChI is InChI=1S/C20H24N4O5/c1-20(2)8-11-14(12(25)9-20)15(22-19-18(21-11)23-29-24-19)10-6-7-13(26-3)17(28-5)16(10)27-4/h6-7,15H,8-9H2,1-5H3,(H,21,23)(H,22,24)/t15-/m1/s1. The largest absolute Gasteiger partial charge is 0.493 e. The number of fused-ring (bicyclic) bond motifs is 1. The van der Waals surface area contributed by atoms with Crippen LogP contribution in [0.1, 0.15) is 38.3 Å². The molecule has 0 radical (unpaired) electrons. The number of methoxy groups -OCH3 is 3. The lowest BCUT2D eigenvalue weighted by Gasteiger charge is -2.34. The Morgan fingerprint density at radius 3 is 2.45 bits per heavy atom. The molecular weight excluding hydrogens is 376 g/mol. The van der Waals surface area contributed by atoms with Crippen molar-refractivity contribution in [2.24, 2.45) is 5.41 Å². The molecule has 154 valence electrons. The van der Waals surface area contributed by atoms with Gasteiger partial charge in [-0.2, -0.15) is 0 Å². The average molecular weight is 400 g/mol. The maximum Gasteiger partial charge on any atom is 0.219 e. The first-order valence-electron chi connectivity index (χ1n) is 9.29. The number of ketones is 1. The summed E-state index contributed by atoms with van der Waals surface area (Å²) in [4.78, 5) is 13.2. The van der Waals surface area contributed by atoms with Gasteiger partial charge in [0.25, 0.3) is 0 Å². The van der Waals surface area contributed by atoms with Crippen molar-refractivity contribution in [1.82, 2.24) is 10.3 Å². The molecule has 29 heavy (non-hydrogen) atoms. The van der Waals surface area contributed by atoms with Crippen LogP contribution in [0, 0.1) is 5.41 Å². The number of ether oxygens (including phenoxy) is 3. The second-order valence-electron chi connectivity index (χ2n) is 7.92. The summed E-state index contributed by atoms with van der Waals surface area (Å²) in [5.41, 5.74) is 1.99. The predicted molar refractivity (Wildman–Crippen MR) is 105 cm³/mol. The van der Waals surface area contributed by atoms with Gasteiger partial charge in [-0.3, -0.25) is 4.79 Å². The molecule has 0 amide bonds. The fourth-order valence-electron chi connectivity index (χ4n) is 4.08. The molecule has 2 aromatic rings. The molecule has 1 aliphatic heterocycles. The van der Waals surface area contributed by atoms with Crippen LogP contribution in [-0.4, -0.2) is 37.4 Å². The van der Waals surface area contributed by atoms with E-state index in [1.807, 2.05) is 6.07 Å². The Labute approximate surface area is 168 Å². The second-order valence-corrected chi connectivity index (χ2v) is 7.92. The number of nitrogens with zero attached hydrogens (tertiary/aromatic N) is 2. The monoisotopic (exact) mass is 400 g/mol. The molecule has 0 saturated heterocycles. The van der Waals surface area contributed by atoms with Gasteiger partial charge in [-0.05, 0) is 34.3 Å². The number of allylic oxidation sites excluding steroid dienone is 1. The third kappa shape index (κ3) is 3.16. The van der Waals surface area contributed by atoms with Crippen LogP contribution in [0.15, 0.2) is 28.0 Å². The van der Waals surface area contributed by atoms with Gasteiger partial charge < -0.3 is 24.8 Å². The van der Waals surface area contributed by atoms with E-state index >= 15 is 0 Å². The van der Waals surface area contributed by atoms with Crippen molar-refractivity contribution < 1.29 is 23.6 Å². The number of Topliss-reactive ketones (excluding diaryl/α,β-unsaturated/α-hetero) is 1. The molecule has 4 rings (SSSR count). The smallest absolute Gasteiger partial charge is 0.219 e. The minimum absolute atomic E-state index is 0.0557. The normalized spacial score (nSPS) is 20.0. The minimum atomic E-state index is -0.524. The molecule has 2 heterocycles. The zero-order valence-corrected chi connectivity index (χ0v) is 17.1. The number of rotatable bonds is 4. The molecule has 0 fully saturated rings. The number of hydrogen-bond acceptors (Lipinski definition) is 9. The summed E-state index contributed by atoms with van der Waals surface area (Å²) in [5, 5.41) is 14.4. The van der Waals surface area contributed by atoms with Crippen molar-refractivity contribution in [1.29, 1.82) is 0 Å². The topological polar surface area (TPSA) is 108 Å². The number of hydrogen-bond donors (Lipinski definition) is 2. The molecule has 9 nitrogen and oxygen atoms in total. The van der Waals surface area contributed by atoms with Crippen LogP contribution in [-0.2, 0) is 4.79 Å². The summed E-state index contributed by atoms with van der Waals surface area (Å²) < 4.78 is 21.5. The van der Waals surface area contributed by atoms with Crippen LogP contribution >= 0.6 is 0 Å². The summed E-state index contributed by atoms with van der Waals surface area (Å²) in [5.74, 6) is 2.40. The molecule has 2 N–H and O–H groups in total. The van der Waals surface area contributed by atoms with Crippen LogP contribution in [0.3, 0.4) is 0 Å². The Balaban J connectivity index is 1.93. The fourth-order valence-corrected chi connectivity index (χ4v) is 4.08. The Kier molecular flexibility index (Phi) is 4.60. The van der Waals surface area contributed by atoms with Gasteiger partial charge in [0.15, 0.2) is 17.3 Å². The number of nitrogens with one attached hydrogen (secondary N) is 2. The van der Waals surface area contributed by atoms with E-state index < -0.39 is 6.04 Å². The molecule has 1 aliphatic carbocycles. The van der Waals surface area contributed by atoms with Gasteiger partial charge in [0.2, 0.25) is 17.4 Å². The molecule has 0 saturated carbocycles. The van der Waals surface area contributed by atoms with E-state index in [0.29, 0.717) is 47.3 Å². The summed E-state index contributed by atoms with van der Waals surface area (Å²) >= 11 is 0. The number of anilines is 2. The third-order valence-electron chi connectivity index (χ3n) is 5.29. The predicted octanol–water partition coefficient (Wildman–Crippen LogP) is 3.32. The zero-order valence-electron chi connectivity index (χ0n) is 17.1. The first kappa shape index (κ1) is 19.1. The lowest BCUT2D eigenvalue weighted by atomic mass is 9.73. The van der Waals surface area contributed by atoms with Gasteiger partial charge >= 0.3 is 0 Å². The molecule has 0 unspecified atom stereocenters. The Hall–Kier alpha value is -3.23. The van der Waals surface area contributed by atoms with Crippen molar-refractivity contribution in [3.63, 3.8) is 0 Å². The summed E-state index contributed by atoms with van der Waals surface area (Å²) in [6.45, 7) is 4.14. The first-order valence-corrected chi connectivity index (χ1v) is 9.29. The van der Waals surface area contributed by atoms with Crippen LogP contribution < -0.4 is 24.8 Å². The van der Waals surface area contributed by atoms with E-state index in [4.69, 9.17) is 18.8 Å². The molecule has 0 spiro atoms. The molecule has 2 aliphatic rings. The zero-order chi connectivity index (χ0) is 20.8. The maximum absolute atomic E-state index is 13.2. The van der Waals surface area contributed by atoms with E-state index in [-0.39, 0.29) is 11.2 Å². The number of benzene rings is 1. The van der Waals surface area contributed by atoms with E-state index in [0.717, 1.165) is 11.3 Å². The third-order valence-corrected chi connectivity index (χ3v) is 5.29. The molecule has 1 aromatic carbocycles. The average Bonchev–Trinajstić information content (AvgIpc) is 3.04. The van der Waals surface area contributed by atoms with E-state index in [1.54, 1.807) is 27.4 Å². The molecule has 9 heteroatoms. The Morgan fingerprint density at radius 2 is 1.76 bits per heavy atom. The van der Waals surface area contributed by atoms with Crippen LogP contribution in [0.5, 0.6) is 17.2 Å². The van der Waals surface area contributed by atoms with Gasteiger partial charge in [0.05, 0.1) is 27.4 Å². The van der Waals surface area contributed by atoms with Gasteiger partial charge in [0.1, 0.15) is 0 Å². The van der Waals surface area contributed by atoms with Crippen LogP contribution in [0.2, 0.25) is 0 Å². The van der Waals surface area contributed by atoms with E-state index in [1.165, 1.54) is 0 Å². The van der Waals surface area contributed by atoms with Crippen molar-refractivity contribution in [3.05, 3.63) is 29.0 Å². The summed E-state index contributed by atoms with van der Waals surface area (Å²) in [6, 6.07) is 3.12. The van der Waals surface area contributed by atoms with Crippen molar-refractivity contribution in [2.75, 3.05) is 32.0 Å². The second kappa shape index (κ2) is 6.98. The van der Waals surface area contributed by atoms with Gasteiger partial charge in [0, 0.05) is 23.3 Å². The van der Waals surface area contributed by atoms with Crippen molar-refractivity contribution in [3.8, 4) is 17.2 Å². The van der Waals surface area contributed by atoms with Gasteiger partial charge in [-0.1, -0.05) is 13.8 Å². The highest BCUT2D eigenvalue weighted by molar-refractivity contribution is 6.01. The lowest BCUT2D eigenvalue weighted by molar-refractivity contribution is -0.118. The highest BCUT2D eigenvalue weighted by Gasteiger charge is 2.41. The fraction of sp³-hybridized carbons (Fsp3) is 0.450. The molecule has 1 atom stereocenters. The lowest BCUT2D eigenvalue weighted by Crippen LogP contribution is -2.31. The highest BCUT2D eigenvalue weighted by atomic mass is 16.6. The quantitative estimate of drug-likeness (QED) is 0.799. The first-order chi connectivity index (χ1) is 13.9. The van der Waals surface area contributed by atoms with Crippen LogP contribution in [0.25, 0.3) is 0 Å². The Morgan fingerprint density at radius 1 is 1.03 bits per heavy atom. The van der Waals surface area contributed by atoms with E-state index in [2.05, 4.69) is 34.8 Å². The van der Waals surface area contributed by atoms with Crippen LogP contribution in [0.4, 0.5) is 11.6 Å². The number of carbonyl (C=O) groups excluding carboxylic acids is 1. The van der Waals surface area contributed by atoms with E-state index in [9.17, 15) is 4.79 Å².